The molecule has 0 aromatic rings. The minimum absolute atomic E-state index is 0.00885. The lowest BCUT2D eigenvalue weighted by molar-refractivity contribution is -0.134. The highest BCUT2D eigenvalue weighted by Gasteiger charge is 2.48. The van der Waals surface area contributed by atoms with E-state index in [0.717, 1.165) is 16.7 Å². The third-order valence-corrected chi connectivity index (χ3v) is 5.93. The Morgan fingerprint density at radius 3 is 2.24 bits per heavy atom. The fraction of sp³-hybridized carbons (Fsp3) is 0.500. The van der Waals surface area contributed by atoms with Gasteiger partial charge in [-0.15, -0.1) is 5.01 Å². The zero-order chi connectivity index (χ0) is 24.8. The number of amides is 4. The van der Waals surface area contributed by atoms with E-state index in [9.17, 15) is 27.6 Å². The van der Waals surface area contributed by atoms with Crippen LogP contribution in [-0.4, -0.2) is 85.6 Å². The van der Waals surface area contributed by atoms with Gasteiger partial charge in [-0.3, -0.25) is 4.79 Å². The fourth-order valence-electron chi connectivity index (χ4n) is 3.45. The quantitative estimate of drug-likeness (QED) is 0.286. The van der Waals surface area contributed by atoms with E-state index in [1.54, 1.807) is 6.92 Å². The number of hydrogen-bond acceptors (Lipinski definition) is 9. The van der Waals surface area contributed by atoms with E-state index >= 15 is 0 Å². The summed E-state index contributed by atoms with van der Waals surface area (Å²) in [5, 5.41) is 0.185. The molecule has 2 aliphatic rings. The van der Waals surface area contributed by atoms with Crippen LogP contribution in [-0.2, 0) is 29.0 Å². The molecule has 0 bridgehead atoms. The van der Waals surface area contributed by atoms with Crippen LogP contribution in [0.25, 0.3) is 0 Å². The van der Waals surface area contributed by atoms with Crippen LogP contribution in [0.5, 0.6) is 0 Å². The van der Waals surface area contributed by atoms with E-state index in [4.69, 9.17) is 14.2 Å². The molecular weight excluding hydrogens is 458 g/mol. The van der Waals surface area contributed by atoms with Crippen LogP contribution in [0.1, 0.15) is 19.8 Å². The molecule has 1 saturated heterocycles. The zero-order valence-corrected chi connectivity index (χ0v) is 19.3. The van der Waals surface area contributed by atoms with Gasteiger partial charge < -0.3 is 14.2 Å². The lowest BCUT2D eigenvalue weighted by atomic mass is 9.85. The van der Waals surface area contributed by atoms with Gasteiger partial charge in [-0.1, -0.05) is 41.4 Å². The van der Waals surface area contributed by atoms with E-state index in [1.807, 2.05) is 0 Å². The molecule has 4 amide bonds. The Bertz CT molecular complexity index is 936. The molecule has 1 aliphatic carbocycles. The molecule has 182 valence electrons. The normalized spacial score (nSPS) is 20.5. The molecular formula is C20H27N3O9S. The topological polar surface area (TPSA) is 140 Å². The van der Waals surface area contributed by atoms with E-state index < -0.39 is 46.2 Å². The van der Waals surface area contributed by atoms with Crippen molar-refractivity contribution >= 4 is 34.2 Å². The Hall–Kier alpha value is -3.19. The highest BCUT2D eigenvalue weighted by atomic mass is 32.2. The van der Waals surface area contributed by atoms with Crippen LogP contribution in [0.3, 0.4) is 0 Å². The summed E-state index contributed by atoms with van der Waals surface area (Å²) >= 11 is 0. The van der Waals surface area contributed by atoms with Gasteiger partial charge in [-0.25, -0.2) is 27.7 Å². The van der Waals surface area contributed by atoms with Crippen molar-refractivity contribution in [1.82, 2.24) is 14.3 Å². The number of rotatable bonds is 8. The Kier molecular flexibility index (Phi) is 8.76. The van der Waals surface area contributed by atoms with E-state index in [-0.39, 0.29) is 37.8 Å². The number of cyclic esters (lactones) is 1. The second-order valence-corrected chi connectivity index (χ2v) is 9.17. The van der Waals surface area contributed by atoms with Crippen molar-refractivity contribution in [3.8, 4) is 0 Å². The molecule has 0 radical (unpaired) electrons. The average molecular weight is 486 g/mol. The maximum Gasteiger partial charge on any atom is 0.435 e. The Morgan fingerprint density at radius 1 is 1.21 bits per heavy atom. The number of carbonyl (C=O) groups excluding carboxylic acids is 4. The van der Waals surface area contributed by atoms with Crippen LogP contribution < -0.4 is 0 Å². The lowest BCUT2D eigenvalue weighted by Crippen LogP contribution is -2.60. The van der Waals surface area contributed by atoms with Gasteiger partial charge in [-0.2, -0.15) is 0 Å². The first kappa shape index (κ1) is 26.1. The second-order valence-electron chi connectivity index (χ2n) is 7.33. The first-order chi connectivity index (χ1) is 15.5. The van der Waals surface area contributed by atoms with E-state index in [0.29, 0.717) is 10.8 Å². The Morgan fingerprint density at radius 2 is 1.79 bits per heavy atom. The first-order valence-corrected chi connectivity index (χ1v) is 11.9. The molecule has 0 aromatic carbocycles. The molecule has 33 heavy (non-hydrogen) atoms. The standard InChI is InChI=1S/C20H27N3O9S/c1-5-10-30-19(26)22(20(27)31-11-6-2)23(33(4,28)29)16-13-14(3)7-8-15(16)17(24)21-9-12-32-18(21)25/h5-6,13,15-16H,1-2,7-12H2,3-4H3/t15-,16-/m0/s1. The zero-order valence-electron chi connectivity index (χ0n) is 18.5. The summed E-state index contributed by atoms with van der Waals surface area (Å²) < 4.78 is 40.8. The van der Waals surface area contributed by atoms with Gasteiger partial charge in [0.15, 0.2) is 0 Å². The third-order valence-electron chi connectivity index (χ3n) is 4.85. The van der Waals surface area contributed by atoms with Crippen molar-refractivity contribution in [3.05, 3.63) is 37.0 Å². The molecule has 2 atom stereocenters. The third kappa shape index (κ3) is 6.20. The van der Waals surface area contributed by atoms with Gasteiger partial charge in [0.1, 0.15) is 19.8 Å². The van der Waals surface area contributed by atoms with Gasteiger partial charge in [0.25, 0.3) is 0 Å². The first-order valence-electron chi connectivity index (χ1n) is 10.0. The smallest absolute Gasteiger partial charge is 0.435 e. The number of allylic oxidation sites excluding steroid dienone is 1. The Labute approximate surface area is 192 Å². The second kappa shape index (κ2) is 11.1. The summed E-state index contributed by atoms with van der Waals surface area (Å²) in [7, 11) is -4.36. The van der Waals surface area contributed by atoms with Crippen molar-refractivity contribution < 1.29 is 41.8 Å². The van der Waals surface area contributed by atoms with Crippen molar-refractivity contribution in [1.29, 1.82) is 0 Å². The maximum atomic E-state index is 13.2. The van der Waals surface area contributed by atoms with Crippen molar-refractivity contribution in [3.63, 3.8) is 0 Å². The predicted molar refractivity (Wildman–Crippen MR) is 115 cm³/mol. The van der Waals surface area contributed by atoms with E-state index in [1.165, 1.54) is 18.2 Å². The van der Waals surface area contributed by atoms with E-state index in [2.05, 4.69) is 13.2 Å². The molecule has 0 saturated carbocycles. The minimum atomic E-state index is -4.36. The minimum Gasteiger partial charge on any atom is -0.447 e. The van der Waals surface area contributed by atoms with Crippen LogP contribution in [0.4, 0.5) is 14.4 Å². The summed E-state index contributed by atoms with van der Waals surface area (Å²) in [6.45, 7) is 7.92. The van der Waals surface area contributed by atoms with Crippen LogP contribution >= 0.6 is 0 Å². The molecule has 13 heteroatoms. The monoisotopic (exact) mass is 485 g/mol. The number of hydrogen-bond donors (Lipinski definition) is 0. The molecule has 1 heterocycles. The largest absolute Gasteiger partial charge is 0.447 e. The molecule has 0 spiro atoms. The maximum absolute atomic E-state index is 13.2. The van der Waals surface area contributed by atoms with Crippen LogP contribution in [0.2, 0.25) is 0 Å². The molecule has 0 unspecified atom stereocenters. The number of nitrogens with zero attached hydrogens (tertiary/aromatic N) is 3. The SMILES string of the molecule is C=CCOC(=O)N(C(=O)OCC=C)N([C@H]1C=C(C)CC[C@@H]1C(=O)N1CCOC1=O)S(C)(=O)=O. The summed E-state index contributed by atoms with van der Waals surface area (Å²) in [6, 6.07) is -1.32. The average Bonchev–Trinajstić information content (AvgIpc) is 3.18. The number of carbonyl (C=O) groups is 4. The van der Waals surface area contributed by atoms with Gasteiger partial charge in [0.2, 0.25) is 15.9 Å². The molecule has 0 N–H and O–H groups in total. The number of hydrazine groups is 1. The molecule has 1 aliphatic heterocycles. The molecule has 2 rings (SSSR count). The fourth-order valence-corrected chi connectivity index (χ4v) is 4.53. The summed E-state index contributed by atoms with van der Waals surface area (Å²) in [5.41, 5.74) is 0.723. The van der Waals surface area contributed by atoms with Crippen LogP contribution in [0.15, 0.2) is 37.0 Å². The summed E-state index contributed by atoms with van der Waals surface area (Å²) in [5.74, 6) is -1.77. The van der Waals surface area contributed by atoms with Gasteiger partial charge in [-0.05, 0) is 19.8 Å². The molecule has 12 nitrogen and oxygen atoms in total. The summed E-state index contributed by atoms with van der Waals surface area (Å²) in [4.78, 5) is 51.5. The van der Waals surface area contributed by atoms with Crippen molar-refractivity contribution in [2.24, 2.45) is 5.92 Å². The Balaban J connectivity index is 2.56. The number of imide groups is 2. The van der Waals surface area contributed by atoms with Gasteiger partial charge in [0, 0.05) is 0 Å². The molecule has 1 fully saturated rings. The predicted octanol–water partition coefficient (Wildman–Crippen LogP) is 1.81. The van der Waals surface area contributed by atoms with Crippen molar-refractivity contribution in [2.45, 2.75) is 25.8 Å². The van der Waals surface area contributed by atoms with Gasteiger partial charge in [0.05, 0.1) is 24.8 Å². The van der Waals surface area contributed by atoms with Crippen molar-refractivity contribution in [2.75, 3.05) is 32.6 Å². The number of sulfonamides is 1. The summed E-state index contributed by atoms with van der Waals surface area (Å²) in [6.07, 6.45) is 1.75. The highest BCUT2D eigenvalue weighted by Crippen LogP contribution is 2.32. The lowest BCUT2D eigenvalue weighted by Gasteiger charge is -2.39. The highest BCUT2D eigenvalue weighted by molar-refractivity contribution is 7.88. The van der Waals surface area contributed by atoms with Crippen LogP contribution in [0, 0.1) is 5.92 Å². The molecule has 0 aromatic heterocycles. The van der Waals surface area contributed by atoms with Gasteiger partial charge >= 0.3 is 18.3 Å². The number of ether oxygens (including phenoxy) is 3.